The van der Waals surface area contributed by atoms with Gasteiger partial charge in [0.25, 0.3) is 0 Å². The molecule has 0 saturated heterocycles. The number of hydrogen-bond acceptors (Lipinski definition) is 7. The number of nitrogens with zero attached hydrogens (tertiary/aromatic N) is 1. The zero-order chi connectivity index (χ0) is 20.1. The molecule has 154 valence electrons. The Morgan fingerprint density at radius 3 is 2.62 bits per heavy atom. The maximum absolute atomic E-state index is 10.1. The van der Waals surface area contributed by atoms with Gasteiger partial charge in [-0.25, -0.2) is 0 Å². The van der Waals surface area contributed by atoms with Gasteiger partial charge < -0.3 is 28.8 Å². The second-order valence-corrected chi connectivity index (χ2v) is 7.54. The van der Waals surface area contributed by atoms with Gasteiger partial charge in [0, 0.05) is 30.3 Å². The zero-order valence-corrected chi connectivity index (χ0v) is 16.9. The van der Waals surface area contributed by atoms with Crippen molar-refractivity contribution in [3.8, 4) is 28.7 Å². The van der Waals surface area contributed by atoms with Gasteiger partial charge in [-0.1, -0.05) is 0 Å². The van der Waals surface area contributed by atoms with E-state index in [1.807, 2.05) is 6.07 Å². The summed E-state index contributed by atoms with van der Waals surface area (Å²) < 4.78 is 28.2. The first-order valence-electron chi connectivity index (χ1n) is 9.80. The SMILES string of the molecule is COc1cc2c(c(CO)c1OC)C[C@H]1c3c(cc4c(c3OC)OCO4)CCN1C2. The second kappa shape index (κ2) is 7.00. The first-order chi connectivity index (χ1) is 14.2. The van der Waals surface area contributed by atoms with Crippen LogP contribution in [0.3, 0.4) is 0 Å². The van der Waals surface area contributed by atoms with E-state index in [4.69, 9.17) is 23.7 Å². The molecule has 7 nitrogen and oxygen atoms in total. The van der Waals surface area contributed by atoms with Crippen molar-refractivity contribution in [3.63, 3.8) is 0 Å². The second-order valence-electron chi connectivity index (χ2n) is 7.54. The van der Waals surface area contributed by atoms with Gasteiger partial charge in [0.05, 0.1) is 27.9 Å². The van der Waals surface area contributed by atoms with E-state index in [0.29, 0.717) is 17.2 Å². The molecule has 0 spiro atoms. The average molecular weight is 399 g/mol. The van der Waals surface area contributed by atoms with Gasteiger partial charge in [0.15, 0.2) is 23.0 Å². The fourth-order valence-corrected chi connectivity index (χ4v) is 5.02. The van der Waals surface area contributed by atoms with Crippen molar-refractivity contribution in [3.05, 3.63) is 39.9 Å². The van der Waals surface area contributed by atoms with Crippen LogP contribution in [-0.4, -0.2) is 44.7 Å². The van der Waals surface area contributed by atoms with Crippen molar-refractivity contribution >= 4 is 0 Å². The third-order valence-corrected chi connectivity index (χ3v) is 6.30. The molecule has 0 aromatic heterocycles. The van der Waals surface area contributed by atoms with Crippen LogP contribution in [0.4, 0.5) is 0 Å². The number of aliphatic hydroxyl groups excluding tert-OH is 1. The van der Waals surface area contributed by atoms with E-state index >= 15 is 0 Å². The van der Waals surface area contributed by atoms with Gasteiger partial charge >= 0.3 is 0 Å². The van der Waals surface area contributed by atoms with E-state index in [0.717, 1.165) is 54.1 Å². The lowest BCUT2D eigenvalue weighted by atomic mass is 9.81. The van der Waals surface area contributed by atoms with E-state index in [1.165, 1.54) is 11.1 Å². The minimum Gasteiger partial charge on any atom is -0.493 e. The summed E-state index contributed by atoms with van der Waals surface area (Å²) in [4.78, 5) is 2.46. The lowest BCUT2D eigenvalue weighted by Crippen LogP contribution is -2.40. The summed E-state index contributed by atoms with van der Waals surface area (Å²) in [6.07, 6.45) is 1.68. The van der Waals surface area contributed by atoms with E-state index in [1.54, 1.807) is 21.3 Å². The number of fused-ring (bicyclic) bond motifs is 5. The van der Waals surface area contributed by atoms with Crippen LogP contribution in [0, 0.1) is 0 Å². The molecule has 2 aromatic rings. The highest BCUT2D eigenvalue weighted by atomic mass is 16.7. The fraction of sp³-hybridized carbons (Fsp3) is 0.455. The topological polar surface area (TPSA) is 69.6 Å². The standard InChI is InChI=1S/C22H25NO6/c1-25-17-7-13-9-23-5-4-12-6-18-21(29-11-28-18)22(27-3)19(12)16(23)8-14(13)15(10-24)20(17)26-2/h6-7,16,24H,4-5,8-11H2,1-3H3/t16-/m0/s1. The molecular weight excluding hydrogens is 374 g/mol. The monoisotopic (exact) mass is 399 g/mol. The van der Waals surface area contributed by atoms with Crippen LogP contribution in [0.1, 0.15) is 33.9 Å². The van der Waals surface area contributed by atoms with Crippen molar-refractivity contribution < 1.29 is 28.8 Å². The Balaban J connectivity index is 1.65. The van der Waals surface area contributed by atoms with Crippen molar-refractivity contribution in [1.29, 1.82) is 0 Å². The number of methoxy groups -OCH3 is 3. The first kappa shape index (κ1) is 18.4. The molecule has 1 atom stereocenters. The third kappa shape index (κ3) is 2.64. The highest BCUT2D eigenvalue weighted by molar-refractivity contribution is 5.63. The molecule has 29 heavy (non-hydrogen) atoms. The number of rotatable bonds is 4. The molecule has 0 amide bonds. The Bertz CT molecular complexity index is 973. The molecule has 0 unspecified atom stereocenters. The molecule has 3 heterocycles. The Kier molecular flexibility index (Phi) is 4.44. The van der Waals surface area contributed by atoms with Crippen LogP contribution in [0.5, 0.6) is 28.7 Å². The largest absolute Gasteiger partial charge is 0.493 e. The lowest BCUT2D eigenvalue weighted by Gasteiger charge is -2.42. The Morgan fingerprint density at radius 1 is 1.07 bits per heavy atom. The molecule has 3 aliphatic heterocycles. The summed E-state index contributed by atoms with van der Waals surface area (Å²) in [5.74, 6) is 3.48. The van der Waals surface area contributed by atoms with Crippen molar-refractivity contribution in [2.24, 2.45) is 0 Å². The van der Waals surface area contributed by atoms with E-state index in [9.17, 15) is 5.11 Å². The zero-order valence-electron chi connectivity index (χ0n) is 16.9. The number of aliphatic hydroxyl groups is 1. The predicted octanol–water partition coefficient (Wildman–Crippen LogP) is 2.59. The number of hydrogen-bond donors (Lipinski definition) is 1. The molecule has 0 aliphatic carbocycles. The summed E-state index contributed by atoms with van der Waals surface area (Å²) in [6.45, 7) is 1.85. The Morgan fingerprint density at radius 2 is 1.90 bits per heavy atom. The van der Waals surface area contributed by atoms with Crippen LogP contribution in [-0.2, 0) is 26.0 Å². The molecule has 0 bridgehead atoms. The molecule has 5 rings (SSSR count). The molecule has 0 saturated carbocycles. The van der Waals surface area contributed by atoms with Gasteiger partial charge in [-0.2, -0.15) is 0 Å². The quantitative estimate of drug-likeness (QED) is 0.847. The maximum atomic E-state index is 10.1. The Labute approximate surface area is 169 Å². The van der Waals surface area contributed by atoms with E-state index in [2.05, 4.69) is 11.0 Å². The molecule has 0 radical (unpaired) electrons. The van der Waals surface area contributed by atoms with E-state index < -0.39 is 0 Å². The van der Waals surface area contributed by atoms with Crippen molar-refractivity contribution in [1.82, 2.24) is 4.90 Å². The number of benzene rings is 2. The van der Waals surface area contributed by atoms with Gasteiger partial charge in [0.2, 0.25) is 12.5 Å². The van der Waals surface area contributed by atoms with Crippen molar-refractivity contribution in [2.75, 3.05) is 34.7 Å². The van der Waals surface area contributed by atoms with Crippen LogP contribution in [0.15, 0.2) is 12.1 Å². The van der Waals surface area contributed by atoms with Crippen molar-refractivity contribution in [2.45, 2.75) is 32.0 Å². The van der Waals surface area contributed by atoms with Gasteiger partial charge in [-0.15, -0.1) is 0 Å². The molecule has 1 N–H and O–H groups in total. The molecule has 2 aromatic carbocycles. The van der Waals surface area contributed by atoms with Gasteiger partial charge in [0.1, 0.15) is 0 Å². The van der Waals surface area contributed by atoms with Crippen LogP contribution >= 0.6 is 0 Å². The third-order valence-electron chi connectivity index (χ3n) is 6.30. The normalized spacial score (nSPS) is 19.2. The molecule has 3 aliphatic rings. The minimum atomic E-state index is -0.0967. The summed E-state index contributed by atoms with van der Waals surface area (Å²) in [7, 11) is 4.92. The van der Waals surface area contributed by atoms with Crippen LogP contribution < -0.4 is 23.7 Å². The summed E-state index contributed by atoms with van der Waals surface area (Å²) in [6, 6.07) is 4.27. The number of ether oxygens (including phenoxy) is 5. The summed E-state index contributed by atoms with van der Waals surface area (Å²) in [5, 5.41) is 10.1. The summed E-state index contributed by atoms with van der Waals surface area (Å²) in [5.41, 5.74) is 5.49. The highest BCUT2D eigenvalue weighted by Crippen LogP contribution is 2.52. The van der Waals surface area contributed by atoms with Gasteiger partial charge in [-0.05, 0) is 41.7 Å². The highest BCUT2D eigenvalue weighted by Gasteiger charge is 2.39. The first-order valence-corrected chi connectivity index (χ1v) is 9.80. The minimum absolute atomic E-state index is 0.0967. The summed E-state index contributed by atoms with van der Waals surface area (Å²) >= 11 is 0. The lowest BCUT2D eigenvalue weighted by molar-refractivity contribution is 0.153. The average Bonchev–Trinajstić information content (AvgIpc) is 3.22. The smallest absolute Gasteiger partial charge is 0.231 e. The molecular formula is C22H25NO6. The van der Waals surface area contributed by atoms with Gasteiger partial charge in [-0.3, -0.25) is 4.90 Å². The molecule has 7 heteroatoms. The van der Waals surface area contributed by atoms with E-state index in [-0.39, 0.29) is 19.4 Å². The fourth-order valence-electron chi connectivity index (χ4n) is 5.02. The maximum Gasteiger partial charge on any atom is 0.231 e. The molecule has 0 fully saturated rings. The van der Waals surface area contributed by atoms with Crippen LogP contribution in [0.2, 0.25) is 0 Å². The van der Waals surface area contributed by atoms with Crippen LogP contribution in [0.25, 0.3) is 0 Å². The Hall–Kier alpha value is -2.64. The predicted molar refractivity (Wildman–Crippen MR) is 105 cm³/mol.